The Morgan fingerprint density at radius 1 is 1.06 bits per heavy atom. The van der Waals surface area contributed by atoms with Crippen LogP contribution < -0.4 is 10.1 Å². The first kappa shape index (κ1) is 23.9. The number of aromatic nitrogens is 1. The highest BCUT2D eigenvalue weighted by molar-refractivity contribution is 9.10. The number of amides is 1. The third kappa shape index (κ3) is 5.26. The molecule has 0 saturated heterocycles. The molecule has 0 radical (unpaired) electrons. The highest BCUT2D eigenvalue weighted by Crippen LogP contribution is 2.44. The van der Waals surface area contributed by atoms with Crippen LogP contribution >= 0.6 is 38.6 Å². The quantitative estimate of drug-likeness (QED) is 0.190. The lowest BCUT2D eigenvalue weighted by atomic mass is 10.1. The number of para-hydroxylation sites is 1. The number of halogens is 4. The van der Waals surface area contributed by atoms with Crippen molar-refractivity contribution in [2.24, 2.45) is 0 Å². The van der Waals surface area contributed by atoms with Gasteiger partial charge in [-0.15, -0.1) is 0 Å². The summed E-state index contributed by atoms with van der Waals surface area (Å²) in [6.07, 6.45) is -4.63. The molecule has 7 nitrogen and oxygen atoms in total. The van der Waals surface area contributed by atoms with E-state index in [-0.39, 0.29) is 25.8 Å². The van der Waals surface area contributed by atoms with Crippen LogP contribution in [0.3, 0.4) is 0 Å². The number of carbonyl (C=O) groups is 1. The molecular formula is C21H11BrF3N3O4S2. The van der Waals surface area contributed by atoms with Crippen LogP contribution in [0.4, 0.5) is 23.3 Å². The van der Waals surface area contributed by atoms with Crippen LogP contribution in [0.25, 0.3) is 11.3 Å². The first-order chi connectivity index (χ1) is 16.1. The van der Waals surface area contributed by atoms with Crippen molar-refractivity contribution >= 4 is 54.6 Å². The second-order valence-electron chi connectivity index (χ2n) is 6.61. The van der Waals surface area contributed by atoms with Crippen molar-refractivity contribution in [1.82, 2.24) is 4.98 Å². The summed E-state index contributed by atoms with van der Waals surface area (Å²) in [5.41, 5.74) is -0.185. The molecular weight excluding hydrogens is 559 g/mol. The first-order valence-corrected chi connectivity index (χ1v) is 11.7. The van der Waals surface area contributed by atoms with Crippen LogP contribution in [-0.2, 0) is 6.18 Å². The van der Waals surface area contributed by atoms with Gasteiger partial charge >= 0.3 is 11.2 Å². The van der Waals surface area contributed by atoms with Crippen molar-refractivity contribution in [2.45, 2.75) is 6.18 Å². The van der Waals surface area contributed by atoms with Gasteiger partial charge in [-0.25, -0.2) is 4.98 Å². The van der Waals surface area contributed by atoms with Crippen molar-refractivity contribution in [1.29, 1.82) is 0 Å². The average Bonchev–Trinajstić information content (AvgIpc) is 3.42. The number of thiazole rings is 1. The zero-order chi connectivity index (χ0) is 24.5. The molecule has 0 aliphatic carbocycles. The molecule has 0 fully saturated rings. The SMILES string of the molecule is O=C(Nc1nc(-c2ccc(Br)cc2)c(Oc2ccccc2C(F)(F)F)s1)c1ccc([N+](=O)[O-])s1. The molecule has 0 spiro atoms. The lowest BCUT2D eigenvalue weighted by Crippen LogP contribution is -2.09. The summed E-state index contributed by atoms with van der Waals surface area (Å²) in [5.74, 6) is -1.06. The van der Waals surface area contributed by atoms with Crippen LogP contribution in [0.15, 0.2) is 65.1 Å². The Balaban J connectivity index is 1.70. The molecule has 4 rings (SSSR count). The van der Waals surface area contributed by atoms with Crippen molar-refractivity contribution in [3.8, 4) is 22.1 Å². The van der Waals surface area contributed by atoms with Gasteiger partial charge in [0.2, 0.25) is 5.06 Å². The summed E-state index contributed by atoms with van der Waals surface area (Å²) in [4.78, 5) is 27.2. The molecule has 2 heterocycles. The number of carbonyl (C=O) groups excluding carboxylic acids is 1. The highest BCUT2D eigenvalue weighted by Gasteiger charge is 2.34. The van der Waals surface area contributed by atoms with E-state index in [1.165, 1.54) is 30.3 Å². The van der Waals surface area contributed by atoms with Crippen molar-refractivity contribution < 1.29 is 27.6 Å². The number of anilines is 1. The van der Waals surface area contributed by atoms with E-state index in [0.29, 0.717) is 16.9 Å². The monoisotopic (exact) mass is 569 g/mol. The largest absolute Gasteiger partial charge is 0.444 e. The maximum atomic E-state index is 13.4. The van der Waals surface area contributed by atoms with Gasteiger partial charge in [-0.05, 0) is 30.3 Å². The van der Waals surface area contributed by atoms with Gasteiger partial charge in [0.25, 0.3) is 5.91 Å². The number of ether oxygens (including phenoxy) is 1. The molecule has 0 atom stereocenters. The van der Waals surface area contributed by atoms with Crippen LogP contribution in [0.5, 0.6) is 10.8 Å². The number of nitro groups is 1. The van der Waals surface area contributed by atoms with Gasteiger partial charge in [0.15, 0.2) is 5.13 Å². The molecule has 2 aromatic heterocycles. The van der Waals surface area contributed by atoms with E-state index in [1.807, 2.05) is 0 Å². The van der Waals surface area contributed by atoms with E-state index >= 15 is 0 Å². The lowest BCUT2D eigenvalue weighted by molar-refractivity contribution is -0.380. The Bertz CT molecular complexity index is 1370. The minimum absolute atomic E-state index is 0.0338. The number of hydrogen-bond donors (Lipinski definition) is 1. The Labute approximate surface area is 206 Å². The first-order valence-electron chi connectivity index (χ1n) is 9.28. The van der Waals surface area contributed by atoms with Gasteiger partial charge in [-0.3, -0.25) is 20.2 Å². The molecule has 0 saturated carbocycles. The topological polar surface area (TPSA) is 94.4 Å². The molecule has 1 N–H and O–H groups in total. The van der Waals surface area contributed by atoms with Crippen LogP contribution in [0, 0.1) is 10.1 Å². The van der Waals surface area contributed by atoms with E-state index in [1.54, 1.807) is 24.3 Å². The van der Waals surface area contributed by atoms with Crippen LogP contribution in [-0.4, -0.2) is 15.8 Å². The third-order valence-electron chi connectivity index (χ3n) is 4.32. The number of alkyl halides is 3. The standard InChI is InChI=1S/C21H11BrF3N3O4S2/c22-12-7-5-11(6-8-12)17-19(32-14-4-2-1-3-13(14)21(23,24)25)34-20(26-17)27-18(29)15-9-10-16(33-15)28(30)31/h1-10H,(H,26,27,29). The van der Waals surface area contributed by atoms with E-state index in [9.17, 15) is 28.1 Å². The van der Waals surface area contributed by atoms with Gasteiger partial charge in [0, 0.05) is 16.1 Å². The summed E-state index contributed by atoms with van der Waals surface area (Å²) in [7, 11) is 0. The minimum atomic E-state index is -4.63. The second kappa shape index (κ2) is 9.52. The third-order valence-corrected chi connectivity index (χ3v) is 6.74. The van der Waals surface area contributed by atoms with Crippen molar-refractivity contribution in [3.63, 3.8) is 0 Å². The van der Waals surface area contributed by atoms with E-state index in [4.69, 9.17) is 4.74 Å². The second-order valence-corrected chi connectivity index (χ2v) is 9.55. The predicted molar refractivity (Wildman–Crippen MR) is 126 cm³/mol. The fraction of sp³-hybridized carbons (Fsp3) is 0.0476. The summed E-state index contributed by atoms with van der Waals surface area (Å²) in [6, 6.07) is 14.1. The number of nitrogens with one attached hydrogen (secondary N) is 1. The lowest BCUT2D eigenvalue weighted by Gasteiger charge is -2.13. The number of benzene rings is 2. The van der Waals surface area contributed by atoms with Crippen molar-refractivity contribution in [2.75, 3.05) is 5.32 Å². The Morgan fingerprint density at radius 2 is 1.76 bits per heavy atom. The fourth-order valence-corrected chi connectivity index (χ4v) is 4.64. The zero-order valence-corrected chi connectivity index (χ0v) is 19.8. The predicted octanol–water partition coefficient (Wildman–Crippen LogP) is 7.61. The Kier molecular flexibility index (Phi) is 6.68. The molecule has 0 aliphatic rings. The van der Waals surface area contributed by atoms with E-state index < -0.39 is 28.3 Å². The molecule has 4 aromatic rings. The smallest absolute Gasteiger partial charge is 0.419 e. The molecule has 174 valence electrons. The molecule has 0 unspecified atom stereocenters. The number of thiophene rings is 1. The van der Waals surface area contributed by atoms with Gasteiger partial charge in [0.1, 0.15) is 11.4 Å². The summed E-state index contributed by atoms with van der Waals surface area (Å²) >= 11 is 4.84. The van der Waals surface area contributed by atoms with Crippen LogP contribution in [0.2, 0.25) is 0 Å². The summed E-state index contributed by atoms with van der Waals surface area (Å²) in [5, 5.41) is 13.3. The average molecular weight is 570 g/mol. The molecule has 0 aliphatic heterocycles. The molecule has 34 heavy (non-hydrogen) atoms. The number of rotatable bonds is 6. The van der Waals surface area contributed by atoms with Crippen LogP contribution in [0.1, 0.15) is 15.2 Å². The molecule has 0 bridgehead atoms. The van der Waals surface area contributed by atoms with Gasteiger partial charge in [-0.1, -0.05) is 62.9 Å². The van der Waals surface area contributed by atoms with Gasteiger partial charge < -0.3 is 4.74 Å². The maximum Gasteiger partial charge on any atom is 0.419 e. The summed E-state index contributed by atoms with van der Waals surface area (Å²) < 4.78 is 46.7. The number of hydrogen-bond acceptors (Lipinski definition) is 7. The van der Waals surface area contributed by atoms with Gasteiger partial charge in [0.05, 0.1) is 15.4 Å². The molecule has 13 heteroatoms. The fourth-order valence-electron chi connectivity index (χ4n) is 2.82. The minimum Gasteiger partial charge on any atom is -0.444 e. The Hall–Kier alpha value is -3.29. The molecule has 1 amide bonds. The van der Waals surface area contributed by atoms with E-state index in [2.05, 4.69) is 26.2 Å². The zero-order valence-electron chi connectivity index (χ0n) is 16.6. The van der Waals surface area contributed by atoms with Crippen molar-refractivity contribution in [3.05, 3.63) is 85.7 Å². The van der Waals surface area contributed by atoms with E-state index in [0.717, 1.165) is 21.9 Å². The normalized spacial score (nSPS) is 11.3. The maximum absolute atomic E-state index is 13.4. The Morgan fingerprint density at radius 3 is 2.41 bits per heavy atom. The highest BCUT2D eigenvalue weighted by atomic mass is 79.9. The summed E-state index contributed by atoms with van der Waals surface area (Å²) in [6.45, 7) is 0. The number of nitrogens with zero attached hydrogens (tertiary/aromatic N) is 2. The van der Waals surface area contributed by atoms with Gasteiger partial charge in [-0.2, -0.15) is 13.2 Å². The molecule has 2 aromatic carbocycles.